The zero-order valence-electron chi connectivity index (χ0n) is 12.9. The van der Waals surface area contributed by atoms with Crippen LogP contribution in [0.1, 0.15) is 42.2 Å². The van der Waals surface area contributed by atoms with Crippen molar-refractivity contribution in [1.29, 1.82) is 0 Å². The molecule has 0 amide bonds. The predicted molar refractivity (Wildman–Crippen MR) is 91.3 cm³/mol. The van der Waals surface area contributed by atoms with Gasteiger partial charge in [0.1, 0.15) is 0 Å². The number of hydrogen-bond donors (Lipinski definition) is 1. The summed E-state index contributed by atoms with van der Waals surface area (Å²) in [6.45, 7) is 3.34. The lowest BCUT2D eigenvalue weighted by atomic mass is 10.1. The van der Waals surface area contributed by atoms with Gasteiger partial charge in [-0.25, -0.2) is 13.1 Å². The average Bonchev–Trinajstić information content (AvgIpc) is 2.53. The topological polar surface area (TPSA) is 63.2 Å². The van der Waals surface area contributed by atoms with E-state index in [2.05, 4.69) is 4.72 Å². The number of carbonyl (C=O) groups excluding carboxylic acids is 1. The number of sulfonamides is 1. The Morgan fingerprint density at radius 3 is 2.13 bits per heavy atom. The van der Waals surface area contributed by atoms with Gasteiger partial charge in [-0.3, -0.25) is 4.79 Å². The van der Waals surface area contributed by atoms with Crippen molar-refractivity contribution < 1.29 is 13.2 Å². The van der Waals surface area contributed by atoms with Crippen LogP contribution in [0.25, 0.3) is 0 Å². The SMILES string of the molecule is CCC(NS(=O)(=O)c1ccc(C(C)=O)cc1)c1ccc(Cl)cc1. The Balaban J connectivity index is 2.24. The van der Waals surface area contributed by atoms with E-state index in [-0.39, 0.29) is 16.7 Å². The first-order valence-corrected chi connectivity index (χ1v) is 9.08. The quantitative estimate of drug-likeness (QED) is 0.801. The molecule has 0 aliphatic carbocycles. The Hall–Kier alpha value is -1.69. The highest BCUT2D eigenvalue weighted by atomic mass is 35.5. The summed E-state index contributed by atoms with van der Waals surface area (Å²) in [4.78, 5) is 11.4. The molecule has 0 radical (unpaired) electrons. The van der Waals surface area contributed by atoms with Crippen molar-refractivity contribution in [2.75, 3.05) is 0 Å². The molecule has 2 aromatic rings. The van der Waals surface area contributed by atoms with E-state index in [0.29, 0.717) is 17.0 Å². The molecular formula is C17H18ClNO3S. The van der Waals surface area contributed by atoms with Gasteiger partial charge in [0.05, 0.1) is 4.90 Å². The first-order chi connectivity index (χ1) is 10.8. The van der Waals surface area contributed by atoms with Gasteiger partial charge < -0.3 is 0 Å². The van der Waals surface area contributed by atoms with Gasteiger partial charge in [0.25, 0.3) is 0 Å². The summed E-state index contributed by atoms with van der Waals surface area (Å²) in [7, 11) is -3.67. The summed E-state index contributed by atoms with van der Waals surface area (Å²) in [5.41, 5.74) is 1.33. The van der Waals surface area contributed by atoms with Gasteiger partial charge in [0.2, 0.25) is 10.0 Å². The van der Waals surface area contributed by atoms with E-state index < -0.39 is 10.0 Å². The van der Waals surface area contributed by atoms with Crippen LogP contribution in [0, 0.1) is 0 Å². The molecule has 4 nitrogen and oxygen atoms in total. The number of rotatable bonds is 6. The largest absolute Gasteiger partial charge is 0.295 e. The van der Waals surface area contributed by atoms with Crippen LogP contribution < -0.4 is 4.72 Å². The third-order valence-corrected chi connectivity index (χ3v) is 5.29. The minimum atomic E-state index is -3.67. The predicted octanol–water partition coefficient (Wildman–Crippen LogP) is 3.97. The van der Waals surface area contributed by atoms with Crippen molar-refractivity contribution in [1.82, 2.24) is 4.72 Å². The fraction of sp³-hybridized carbons (Fsp3) is 0.235. The molecule has 1 N–H and O–H groups in total. The Morgan fingerprint density at radius 1 is 1.09 bits per heavy atom. The molecule has 2 rings (SSSR count). The minimum absolute atomic E-state index is 0.102. The van der Waals surface area contributed by atoms with Crippen LogP contribution >= 0.6 is 11.6 Å². The van der Waals surface area contributed by atoms with E-state index in [0.717, 1.165) is 5.56 Å². The van der Waals surface area contributed by atoms with Gasteiger partial charge in [-0.05, 0) is 43.2 Å². The van der Waals surface area contributed by atoms with E-state index in [1.807, 2.05) is 6.92 Å². The zero-order valence-corrected chi connectivity index (χ0v) is 14.5. The van der Waals surface area contributed by atoms with E-state index >= 15 is 0 Å². The number of halogens is 1. The van der Waals surface area contributed by atoms with Crippen LogP contribution in [0.15, 0.2) is 53.4 Å². The van der Waals surface area contributed by atoms with Gasteiger partial charge in [-0.1, -0.05) is 42.8 Å². The smallest absolute Gasteiger partial charge is 0.241 e. The Bertz CT molecular complexity index is 784. The van der Waals surface area contributed by atoms with E-state index in [4.69, 9.17) is 11.6 Å². The van der Waals surface area contributed by atoms with Crippen molar-refractivity contribution in [2.24, 2.45) is 0 Å². The molecule has 0 saturated carbocycles. The lowest BCUT2D eigenvalue weighted by Gasteiger charge is -2.18. The molecule has 0 bridgehead atoms. The molecule has 1 atom stereocenters. The molecule has 0 aliphatic rings. The first-order valence-electron chi connectivity index (χ1n) is 7.22. The number of nitrogens with one attached hydrogen (secondary N) is 1. The second-order valence-corrected chi connectivity index (χ2v) is 7.36. The molecule has 23 heavy (non-hydrogen) atoms. The van der Waals surface area contributed by atoms with Crippen LogP contribution in [0.3, 0.4) is 0 Å². The summed E-state index contributed by atoms with van der Waals surface area (Å²) in [6.07, 6.45) is 0.604. The van der Waals surface area contributed by atoms with Crippen LogP contribution in [0.2, 0.25) is 5.02 Å². The standard InChI is InChI=1S/C17H18ClNO3S/c1-3-17(14-4-8-15(18)9-5-14)19-23(21,22)16-10-6-13(7-11-16)12(2)20/h4-11,17,19H,3H2,1-2H3. The summed E-state index contributed by atoms with van der Waals surface area (Å²) in [5, 5.41) is 0.603. The van der Waals surface area contributed by atoms with Gasteiger partial charge in [0.15, 0.2) is 5.78 Å². The van der Waals surface area contributed by atoms with Crippen molar-refractivity contribution in [3.8, 4) is 0 Å². The maximum Gasteiger partial charge on any atom is 0.241 e. The van der Waals surface area contributed by atoms with Gasteiger partial charge >= 0.3 is 0 Å². The van der Waals surface area contributed by atoms with E-state index in [9.17, 15) is 13.2 Å². The minimum Gasteiger partial charge on any atom is -0.295 e. The Morgan fingerprint density at radius 2 is 1.65 bits per heavy atom. The first kappa shape index (κ1) is 17.7. The monoisotopic (exact) mass is 351 g/mol. The van der Waals surface area contributed by atoms with Crippen LogP contribution in [-0.2, 0) is 10.0 Å². The van der Waals surface area contributed by atoms with Crippen molar-refractivity contribution >= 4 is 27.4 Å². The second-order valence-electron chi connectivity index (χ2n) is 5.21. The van der Waals surface area contributed by atoms with E-state index in [1.165, 1.54) is 31.2 Å². The van der Waals surface area contributed by atoms with Crippen LogP contribution in [-0.4, -0.2) is 14.2 Å². The molecular weight excluding hydrogens is 334 g/mol. The Labute approximate surface area is 141 Å². The molecule has 6 heteroatoms. The number of ketones is 1. The lowest BCUT2D eigenvalue weighted by molar-refractivity contribution is 0.101. The fourth-order valence-electron chi connectivity index (χ4n) is 2.21. The third kappa shape index (κ3) is 4.41. The average molecular weight is 352 g/mol. The molecule has 0 aromatic heterocycles. The molecule has 0 aliphatic heterocycles. The molecule has 0 heterocycles. The van der Waals surface area contributed by atoms with Crippen molar-refractivity contribution in [3.05, 3.63) is 64.7 Å². The maximum atomic E-state index is 12.5. The number of Topliss-reactive ketones (excluding diaryl/α,β-unsaturated/α-hetero) is 1. The third-order valence-electron chi connectivity index (χ3n) is 3.55. The second kappa shape index (κ2) is 7.25. The number of benzene rings is 2. The molecule has 2 aromatic carbocycles. The highest BCUT2D eigenvalue weighted by molar-refractivity contribution is 7.89. The van der Waals surface area contributed by atoms with Gasteiger partial charge in [0, 0.05) is 16.6 Å². The molecule has 122 valence electrons. The highest BCUT2D eigenvalue weighted by Gasteiger charge is 2.20. The summed E-state index contributed by atoms with van der Waals surface area (Å²) < 4.78 is 27.7. The van der Waals surface area contributed by atoms with E-state index in [1.54, 1.807) is 24.3 Å². The number of carbonyl (C=O) groups is 1. The Kier molecular flexibility index (Phi) is 5.57. The van der Waals surface area contributed by atoms with Gasteiger partial charge in [-0.2, -0.15) is 0 Å². The van der Waals surface area contributed by atoms with Crippen LogP contribution in [0.4, 0.5) is 0 Å². The highest BCUT2D eigenvalue weighted by Crippen LogP contribution is 2.22. The molecule has 0 fully saturated rings. The summed E-state index contributed by atoms with van der Waals surface area (Å²) in [5.74, 6) is -0.102. The van der Waals surface area contributed by atoms with Crippen LogP contribution in [0.5, 0.6) is 0 Å². The summed E-state index contributed by atoms with van der Waals surface area (Å²) >= 11 is 5.86. The van der Waals surface area contributed by atoms with Crippen molar-refractivity contribution in [3.63, 3.8) is 0 Å². The molecule has 1 unspecified atom stereocenters. The zero-order chi connectivity index (χ0) is 17.0. The normalized spacial score (nSPS) is 12.8. The fourth-order valence-corrected chi connectivity index (χ4v) is 3.64. The molecule has 0 spiro atoms. The maximum absolute atomic E-state index is 12.5. The molecule has 0 saturated heterocycles. The lowest BCUT2D eigenvalue weighted by Crippen LogP contribution is -2.28. The van der Waals surface area contributed by atoms with Gasteiger partial charge in [-0.15, -0.1) is 0 Å². The summed E-state index contributed by atoms with van der Waals surface area (Å²) in [6, 6.07) is 12.6. The van der Waals surface area contributed by atoms with Crippen molar-refractivity contribution in [2.45, 2.75) is 31.2 Å². The number of hydrogen-bond acceptors (Lipinski definition) is 3.